The zero-order valence-corrected chi connectivity index (χ0v) is 12.7. The first-order valence-corrected chi connectivity index (χ1v) is 7.50. The van der Waals surface area contributed by atoms with Crippen LogP contribution in [0.25, 0.3) is 0 Å². The number of aromatic nitrogens is 3. The highest BCUT2D eigenvalue weighted by Gasteiger charge is 2.00. The molecule has 0 unspecified atom stereocenters. The van der Waals surface area contributed by atoms with Gasteiger partial charge < -0.3 is 10.6 Å². The van der Waals surface area contributed by atoms with Crippen LogP contribution in [0.1, 0.15) is 16.8 Å². The summed E-state index contributed by atoms with van der Waals surface area (Å²) >= 11 is 1.68. The molecule has 2 aromatic heterocycles. The summed E-state index contributed by atoms with van der Waals surface area (Å²) in [7, 11) is 0. The Labute approximate surface area is 123 Å². The lowest BCUT2D eigenvalue weighted by atomic mass is 10.6. The highest BCUT2D eigenvalue weighted by molar-refractivity contribution is 7.11. The second kappa shape index (κ2) is 7.64. The van der Waals surface area contributed by atoms with E-state index in [2.05, 4.69) is 39.6 Å². The van der Waals surface area contributed by atoms with Crippen molar-refractivity contribution in [3.63, 3.8) is 0 Å². The predicted molar refractivity (Wildman–Crippen MR) is 81.9 cm³/mol. The van der Waals surface area contributed by atoms with Gasteiger partial charge in [-0.15, -0.1) is 11.3 Å². The van der Waals surface area contributed by atoms with Crippen molar-refractivity contribution >= 4 is 17.3 Å². The number of thiazole rings is 1. The second-order valence-electron chi connectivity index (χ2n) is 4.26. The molecule has 0 aromatic carbocycles. The third-order valence-corrected chi connectivity index (χ3v) is 3.48. The Morgan fingerprint density at radius 1 is 1.45 bits per heavy atom. The fraction of sp³-hybridized carbons (Fsp3) is 0.462. The summed E-state index contributed by atoms with van der Waals surface area (Å²) in [5, 5.41) is 11.7. The van der Waals surface area contributed by atoms with Crippen LogP contribution in [0.2, 0.25) is 0 Å². The molecule has 2 N–H and O–H groups in total. The minimum atomic E-state index is 0.607. The number of hydrogen-bond donors (Lipinski definition) is 2. The van der Waals surface area contributed by atoms with Crippen LogP contribution in [0, 0.1) is 6.92 Å². The topological polar surface area (TPSA) is 67.1 Å². The molecule has 0 radical (unpaired) electrons. The van der Waals surface area contributed by atoms with Gasteiger partial charge in [0.2, 0.25) is 0 Å². The molecule has 7 heteroatoms. The zero-order valence-electron chi connectivity index (χ0n) is 11.8. The average Bonchev–Trinajstić information content (AvgIpc) is 3.07. The number of aliphatic imine (C=N–C) groups is 1. The van der Waals surface area contributed by atoms with E-state index in [0.29, 0.717) is 6.54 Å². The Hall–Kier alpha value is -1.89. The summed E-state index contributed by atoms with van der Waals surface area (Å²) in [5.41, 5.74) is 0. The number of hydrogen-bond acceptors (Lipinski definition) is 4. The minimum absolute atomic E-state index is 0.607. The fourth-order valence-electron chi connectivity index (χ4n) is 1.68. The lowest BCUT2D eigenvalue weighted by Gasteiger charge is -2.10. The van der Waals surface area contributed by atoms with E-state index in [9.17, 15) is 0 Å². The number of aryl methyl sites for hydroxylation is 1. The van der Waals surface area contributed by atoms with Gasteiger partial charge in [0.25, 0.3) is 0 Å². The van der Waals surface area contributed by atoms with Crippen LogP contribution in [0.15, 0.2) is 29.6 Å². The van der Waals surface area contributed by atoms with Gasteiger partial charge in [-0.05, 0) is 19.9 Å². The van der Waals surface area contributed by atoms with E-state index < -0.39 is 0 Å². The Balaban J connectivity index is 1.82. The first-order chi connectivity index (χ1) is 9.78. The normalized spacial score (nSPS) is 11.6. The number of guanidine groups is 1. The van der Waals surface area contributed by atoms with Gasteiger partial charge in [0, 0.05) is 36.6 Å². The Morgan fingerprint density at radius 3 is 3.00 bits per heavy atom. The standard InChI is InChI=1S/C13H20N6S/c1-3-14-13(15-6-8-19-7-4-5-18-19)17-10-12-16-9-11(2)20-12/h4-5,7,9H,3,6,8,10H2,1-2H3,(H2,14,15,17). The maximum Gasteiger partial charge on any atom is 0.191 e. The Morgan fingerprint density at radius 2 is 2.35 bits per heavy atom. The lowest BCUT2D eigenvalue weighted by Crippen LogP contribution is -2.38. The maximum atomic E-state index is 4.53. The van der Waals surface area contributed by atoms with Gasteiger partial charge in [-0.2, -0.15) is 5.10 Å². The highest BCUT2D eigenvalue weighted by atomic mass is 32.1. The van der Waals surface area contributed by atoms with E-state index in [-0.39, 0.29) is 0 Å². The smallest absolute Gasteiger partial charge is 0.191 e. The molecule has 0 saturated carbocycles. The summed E-state index contributed by atoms with van der Waals surface area (Å²) in [6.45, 7) is 7.15. The molecule has 2 aromatic rings. The van der Waals surface area contributed by atoms with Crippen molar-refractivity contribution in [2.24, 2.45) is 4.99 Å². The monoisotopic (exact) mass is 292 g/mol. The third kappa shape index (κ3) is 4.65. The molecule has 6 nitrogen and oxygen atoms in total. The Kier molecular flexibility index (Phi) is 5.55. The van der Waals surface area contributed by atoms with Gasteiger partial charge in [0.15, 0.2) is 5.96 Å². The number of rotatable bonds is 6. The minimum Gasteiger partial charge on any atom is -0.357 e. The van der Waals surface area contributed by atoms with Crippen LogP contribution in [0.3, 0.4) is 0 Å². The molecule has 2 rings (SSSR count). The van der Waals surface area contributed by atoms with E-state index in [1.165, 1.54) is 4.88 Å². The summed E-state index contributed by atoms with van der Waals surface area (Å²) in [4.78, 5) is 10.1. The molecule has 0 aliphatic carbocycles. The molecule has 0 fully saturated rings. The first kappa shape index (κ1) is 14.5. The van der Waals surface area contributed by atoms with E-state index >= 15 is 0 Å². The third-order valence-electron chi connectivity index (χ3n) is 2.58. The van der Waals surface area contributed by atoms with Gasteiger partial charge in [-0.3, -0.25) is 4.68 Å². The van der Waals surface area contributed by atoms with Crippen molar-refractivity contribution < 1.29 is 0 Å². The molecule has 0 atom stereocenters. The van der Waals surface area contributed by atoms with Crippen molar-refractivity contribution in [1.29, 1.82) is 0 Å². The highest BCUT2D eigenvalue weighted by Crippen LogP contribution is 2.11. The van der Waals surface area contributed by atoms with E-state index in [4.69, 9.17) is 0 Å². The molecule has 0 amide bonds. The Bertz CT molecular complexity index is 531. The molecule has 0 aliphatic rings. The fourth-order valence-corrected chi connectivity index (χ4v) is 2.40. The summed E-state index contributed by atoms with van der Waals surface area (Å²) in [5.74, 6) is 0.813. The van der Waals surface area contributed by atoms with Gasteiger partial charge in [-0.1, -0.05) is 0 Å². The van der Waals surface area contributed by atoms with Crippen LogP contribution in [0.4, 0.5) is 0 Å². The predicted octanol–water partition coefficient (Wildman–Crippen LogP) is 1.40. The molecule has 0 bridgehead atoms. The molecule has 0 aliphatic heterocycles. The molecule has 0 saturated heterocycles. The molecule has 20 heavy (non-hydrogen) atoms. The van der Waals surface area contributed by atoms with Gasteiger partial charge in [-0.25, -0.2) is 9.98 Å². The van der Waals surface area contributed by atoms with Crippen molar-refractivity contribution in [3.8, 4) is 0 Å². The van der Waals surface area contributed by atoms with Gasteiger partial charge in [0.1, 0.15) is 5.01 Å². The van der Waals surface area contributed by atoms with Gasteiger partial charge in [0.05, 0.1) is 13.1 Å². The summed E-state index contributed by atoms with van der Waals surface area (Å²) in [6, 6.07) is 1.92. The van der Waals surface area contributed by atoms with E-state index in [1.807, 2.05) is 23.1 Å². The van der Waals surface area contributed by atoms with Crippen LogP contribution in [-0.4, -0.2) is 33.8 Å². The molecule has 2 heterocycles. The average molecular weight is 292 g/mol. The number of nitrogens with one attached hydrogen (secondary N) is 2. The summed E-state index contributed by atoms with van der Waals surface area (Å²) in [6.07, 6.45) is 5.61. The van der Waals surface area contributed by atoms with Crippen molar-refractivity contribution in [2.45, 2.75) is 26.9 Å². The van der Waals surface area contributed by atoms with E-state index in [1.54, 1.807) is 17.5 Å². The second-order valence-corrected chi connectivity index (χ2v) is 5.58. The van der Waals surface area contributed by atoms with Crippen LogP contribution < -0.4 is 10.6 Å². The molecular weight excluding hydrogens is 272 g/mol. The van der Waals surface area contributed by atoms with Gasteiger partial charge >= 0.3 is 0 Å². The first-order valence-electron chi connectivity index (χ1n) is 6.69. The van der Waals surface area contributed by atoms with Crippen molar-refractivity contribution in [3.05, 3.63) is 34.5 Å². The maximum absolute atomic E-state index is 4.53. The van der Waals surface area contributed by atoms with E-state index in [0.717, 1.165) is 30.6 Å². The molecular formula is C13H20N6S. The SMILES string of the molecule is CCNC(=NCc1ncc(C)s1)NCCn1cccn1. The van der Waals surface area contributed by atoms with Crippen LogP contribution in [-0.2, 0) is 13.1 Å². The van der Waals surface area contributed by atoms with Crippen LogP contribution in [0.5, 0.6) is 0 Å². The summed E-state index contributed by atoms with van der Waals surface area (Å²) < 4.78 is 1.89. The lowest BCUT2D eigenvalue weighted by molar-refractivity contribution is 0.598. The van der Waals surface area contributed by atoms with Crippen LogP contribution >= 0.6 is 11.3 Å². The number of nitrogens with zero attached hydrogens (tertiary/aromatic N) is 4. The van der Waals surface area contributed by atoms with Crippen molar-refractivity contribution in [2.75, 3.05) is 13.1 Å². The molecule has 0 spiro atoms. The largest absolute Gasteiger partial charge is 0.357 e. The van der Waals surface area contributed by atoms with Crippen molar-refractivity contribution in [1.82, 2.24) is 25.4 Å². The quantitative estimate of drug-likeness (QED) is 0.624. The zero-order chi connectivity index (χ0) is 14.2. The molecule has 108 valence electrons.